The van der Waals surface area contributed by atoms with Gasteiger partial charge in [0.25, 0.3) is 0 Å². The third-order valence-electron chi connectivity index (χ3n) is 1.87. The zero-order valence-corrected chi connectivity index (χ0v) is 7.93. The number of unbranched alkanes of at least 4 members (excludes halogenated alkanes) is 2. The first-order valence-electron chi connectivity index (χ1n) is 4.66. The van der Waals surface area contributed by atoms with Crippen molar-refractivity contribution >= 4 is 0 Å². The minimum Gasteiger partial charge on any atom is -0.396 e. The summed E-state index contributed by atoms with van der Waals surface area (Å²) in [5, 5.41) is 8.51. The minimum atomic E-state index is -0.221. The highest BCUT2D eigenvalue weighted by molar-refractivity contribution is 4.51. The third-order valence-corrected chi connectivity index (χ3v) is 1.87. The van der Waals surface area contributed by atoms with E-state index in [0.717, 1.165) is 32.4 Å². The summed E-state index contributed by atoms with van der Waals surface area (Å²) in [7, 11) is 2.01. The quantitative estimate of drug-likeness (QED) is 0.567. The monoisotopic (exact) mass is 177 g/mol. The summed E-state index contributed by atoms with van der Waals surface area (Å²) in [6.45, 7) is 1.92. The molecule has 3 heteroatoms. The molecule has 74 valence electrons. The van der Waals surface area contributed by atoms with Crippen LogP contribution < -0.4 is 0 Å². The lowest BCUT2D eigenvalue weighted by Crippen LogP contribution is -2.21. The molecule has 0 aliphatic heterocycles. The molecule has 0 aromatic rings. The Balaban J connectivity index is 3.02. The summed E-state index contributed by atoms with van der Waals surface area (Å²) < 4.78 is 11.7. The van der Waals surface area contributed by atoms with E-state index < -0.39 is 0 Å². The first kappa shape index (κ1) is 11.8. The van der Waals surface area contributed by atoms with Gasteiger partial charge < -0.3 is 10.0 Å². The Bertz CT molecular complexity index is 90.6. The number of alkyl halides is 1. The van der Waals surface area contributed by atoms with Gasteiger partial charge >= 0.3 is 0 Å². The van der Waals surface area contributed by atoms with Gasteiger partial charge in [0.1, 0.15) is 0 Å². The van der Waals surface area contributed by atoms with Gasteiger partial charge in [-0.15, -0.1) is 0 Å². The Morgan fingerprint density at radius 3 is 2.33 bits per heavy atom. The van der Waals surface area contributed by atoms with E-state index in [1.807, 2.05) is 7.05 Å². The van der Waals surface area contributed by atoms with Crippen LogP contribution in [-0.2, 0) is 0 Å². The van der Waals surface area contributed by atoms with Crippen LogP contribution in [0.2, 0.25) is 0 Å². The second-order valence-corrected chi connectivity index (χ2v) is 3.13. The van der Waals surface area contributed by atoms with Crippen LogP contribution in [0.25, 0.3) is 0 Å². The van der Waals surface area contributed by atoms with Crippen LogP contribution in [0.3, 0.4) is 0 Å². The number of rotatable bonds is 8. The van der Waals surface area contributed by atoms with E-state index in [1.165, 1.54) is 0 Å². The molecule has 0 aromatic heterocycles. The van der Waals surface area contributed by atoms with Crippen molar-refractivity contribution in [3.63, 3.8) is 0 Å². The molecule has 0 aliphatic carbocycles. The van der Waals surface area contributed by atoms with Crippen molar-refractivity contribution in [2.45, 2.75) is 25.7 Å². The van der Waals surface area contributed by atoms with Gasteiger partial charge in [-0.25, -0.2) is 0 Å². The van der Waals surface area contributed by atoms with Gasteiger partial charge in [0, 0.05) is 13.2 Å². The van der Waals surface area contributed by atoms with Crippen molar-refractivity contribution in [3.8, 4) is 0 Å². The van der Waals surface area contributed by atoms with Crippen molar-refractivity contribution in [1.82, 2.24) is 4.90 Å². The molecule has 2 nitrogen and oxygen atoms in total. The lowest BCUT2D eigenvalue weighted by atomic mass is 10.2. The molecule has 0 fully saturated rings. The molecule has 0 bridgehead atoms. The molecule has 0 heterocycles. The van der Waals surface area contributed by atoms with Gasteiger partial charge in [0.2, 0.25) is 0 Å². The molecule has 0 saturated heterocycles. The fraction of sp³-hybridized carbons (Fsp3) is 1.00. The molecule has 1 N–H and O–H groups in total. The van der Waals surface area contributed by atoms with Crippen molar-refractivity contribution in [3.05, 3.63) is 0 Å². The summed E-state index contributed by atoms with van der Waals surface area (Å²) in [6, 6.07) is 0. The van der Waals surface area contributed by atoms with E-state index >= 15 is 0 Å². The Morgan fingerprint density at radius 1 is 1.08 bits per heavy atom. The average molecular weight is 177 g/mol. The molecule has 0 spiro atoms. The summed E-state index contributed by atoms with van der Waals surface area (Å²) in [5.74, 6) is 0. The molecule has 0 aromatic carbocycles. The molecule has 0 radical (unpaired) electrons. The van der Waals surface area contributed by atoms with Crippen LogP contribution >= 0.6 is 0 Å². The second-order valence-electron chi connectivity index (χ2n) is 3.13. The van der Waals surface area contributed by atoms with E-state index in [0.29, 0.717) is 6.42 Å². The number of aliphatic hydroxyl groups excluding tert-OH is 1. The van der Waals surface area contributed by atoms with Crippen LogP contribution in [-0.4, -0.2) is 43.4 Å². The summed E-state index contributed by atoms with van der Waals surface area (Å²) >= 11 is 0. The van der Waals surface area contributed by atoms with E-state index in [2.05, 4.69) is 4.90 Å². The first-order chi connectivity index (χ1) is 5.81. The standard InChI is InChI=1S/C9H20FNO/c1-11(8-5-6-10)7-3-2-4-9-12/h12H,2-9H2,1H3. The fourth-order valence-corrected chi connectivity index (χ4v) is 1.11. The van der Waals surface area contributed by atoms with Gasteiger partial charge in [0.05, 0.1) is 6.67 Å². The zero-order chi connectivity index (χ0) is 9.23. The molecule has 0 atom stereocenters. The molecule has 0 aliphatic rings. The highest BCUT2D eigenvalue weighted by atomic mass is 19.1. The largest absolute Gasteiger partial charge is 0.396 e. The van der Waals surface area contributed by atoms with Gasteiger partial charge in [0.15, 0.2) is 0 Å². The number of nitrogens with zero attached hydrogens (tertiary/aromatic N) is 1. The first-order valence-corrected chi connectivity index (χ1v) is 4.66. The van der Waals surface area contributed by atoms with Gasteiger partial charge in [-0.05, 0) is 39.3 Å². The molecule has 12 heavy (non-hydrogen) atoms. The maximum atomic E-state index is 11.7. The molecule has 0 unspecified atom stereocenters. The number of hydrogen-bond donors (Lipinski definition) is 1. The summed E-state index contributed by atoms with van der Waals surface area (Å²) in [5.41, 5.74) is 0. The van der Waals surface area contributed by atoms with Gasteiger partial charge in [-0.3, -0.25) is 4.39 Å². The SMILES string of the molecule is CN(CCCF)CCCCCO. The molecule has 0 rings (SSSR count). The van der Waals surface area contributed by atoms with Crippen LogP contribution in [0, 0.1) is 0 Å². The van der Waals surface area contributed by atoms with Crippen molar-refractivity contribution in [2.75, 3.05) is 33.4 Å². The highest BCUT2D eigenvalue weighted by Crippen LogP contribution is 1.97. The molecule has 0 amide bonds. The predicted octanol–water partition coefficient (Wildman–Crippen LogP) is 1.44. The Hall–Kier alpha value is -0.150. The van der Waals surface area contributed by atoms with Crippen molar-refractivity contribution in [2.24, 2.45) is 0 Å². The van der Waals surface area contributed by atoms with Crippen molar-refractivity contribution in [1.29, 1.82) is 0 Å². The van der Waals surface area contributed by atoms with Crippen LogP contribution in [0.15, 0.2) is 0 Å². The molecule has 0 saturated carbocycles. The van der Waals surface area contributed by atoms with E-state index in [1.54, 1.807) is 0 Å². The van der Waals surface area contributed by atoms with E-state index in [-0.39, 0.29) is 13.3 Å². The van der Waals surface area contributed by atoms with E-state index in [9.17, 15) is 4.39 Å². The van der Waals surface area contributed by atoms with Crippen LogP contribution in [0.4, 0.5) is 4.39 Å². The lowest BCUT2D eigenvalue weighted by Gasteiger charge is -2.14. The van der Waals surface area contributed by atoms with Gasteiger partial charge in [-0.2, -0.15) is 0 Å². The minimum absolute atomic E-state index is 0.221. The molecular weight excluding hydrogens is 157 g/mol. The summed E-state index contributed by atoms with van der Waals surface area (Å²) in [4.78, 5) is 2.14. The van der Waals surface area contributed by atoms with Crippen molar-refractivity contribution < 1.29 is 9.50 Å². The Morgan fingerprint density at radius 2 is 1.75 bits per heavy atom. The average Bonchev–Trinajstić information content (AvgIpc) is 2.09. The smallest absolute Gasteiger partial charge is 0.0906 e. The number of hydrogen-bond acceptors (Lipinski definition) is 2. The predicted molar refractivity (Wildman–Crippen MR) is 49.0 cm³/mol. The van der Waals surface area contributed by atoms with Crippen LogP contribution in [0.1, 0.15) is 25.7 Å². The number of halogens is 1. The topological polar surface area (TPSA) is 23.5 Å². The fourth-order valence-electron chi connectivity index (χ4n) is 1.11. The number of aliphatic hydroxyl groups is 1. The van der Waals surface area contributed by atoms with E-state index in [4.69, 9.17) is 5.11 Å². The Labute approximate surface area is 74.4 Å². The highest BCUT2D eigenvalue weighted by Gasteiger charge is 1.96. The second kappa shape index (κ2) is 8.94. The summed E-state index contributed by atoms with van der Waals surface area (Å²) in [6.07, 6.45) is 3.69. The van der Waals surface area contributed by atoms with Gasteiger partial charge in [-0.1, -0.05) is 0 Å². The molecular formula is C9H20FNO. The third kappa shape index (κ3) is 7.95. The maximum Gasteiger partial charge on any atom is 0.0906 e. The lowest BCUT2D eigenvalue weighted by molar-refractivity contribution is 0.269. The maximum absolute atomic E-state index is 11.7. The normalized spacial score (nSPS) is 11.0. The zero-order valence-electron chi connectivity index (χ0n) is 7.93. The Kier molecular flexibility index (Phi) is 8.83. The van der Waals surface area contributed by atoms with Crippen LogP contribution in [0.5, 0.6) is 0 Å².